The van der Waals surface area contributed by atoms with Crippen LogP contribution in [0.3, 0.4) is 0 Å². The van der Waals surface area contributed by atoms with Crippen molar-refractivity contribution < 1.29 is 18.7 Å². The maximum atomic E-state index is 13.9. The minimum absolute atomic E-state index is 0.00563. The van der Waals surface area contributed by atoms with Crippen LogP contribution in [0, 0.1) is 5.82 Å². The number of aromatic amines is 1. The fraction of sp³-hybridized carbons (Fsp3) is 0.0556. The van der Waals surface area contributed by atoms with Gasteiger partial charge in [0.15, 0.2) is 5.78 Å². The summed E-state index contributed by atoms with van der Waals surface area (Å²) in [6.07, 6.45) is 2.81. The molecule has 0 unspecified atom stereocenters. The van der Waals surface area contributed by atoms with Crippen molar-refractivity contribution in [1.29, 1.82) is 0 Å². The summed E-state index contributed by atoms with van der Waals surface area (Å²) in [6.45, 7) is 0. The number of pyridine rings is 1. The Hall–Kier alpha value is -3.19. The van der Waals surface area contributed by atoms with Gasteiger partial charge in [-0.05, 0) is 24.3 Å². The van der Waals surface area contributed by atoms with Gasteiger partial charge in [-0.25, -0.2) is 9.37 Å². The molecule has 8 heteroatoms. The zero-order chi connectivity index (χ0) is 18.7. The molecule has 2 N–H and O–H groups in total. The van der Waals surface area contributed by atoms with E-state index in [1.807, 2.05) is 0 Å². The number of hydrogen-bond donors (Lipinski definition) is 2. The molecule has 0 radical (unpaired) electrons. The van der Waals surface area contributed by atoms with Gasteiger partial charge in [-0.15, -0.1) is 0 Å². The molecule has 0 spiro atoms. The Morgan fingerprint density at radius 1 is 1.27 bits per heavy atom. The largest absolute Gasteiger partial charge is 0.481 e. The van der Waals surface area contributed by atoms with Gasteiger partial charge < -0.3 is 15.0 Å². The molecule has 2 aromatic heterocycles. The summed E-state index contributed by atoms with van der Waals surface area (Å²) in [5.74, 6) is -1.47. The summed E-state index contributed by atoms with van der Waals surface area (Å²) in [5.41, 5.74) is 0.492. The number of ketones is 1. The molecule has 0 fully saturated rings. The number of halogens is 2. The van der Waals surface area contributed by atoms with E-state index in [1.54, 1.807) is 12.1 Å². The third-order valence-corrected chi connectivity index (χ3v) is 3.90. The molecule has 0 aliphatic carbocycles. The number of methoxy groups -OCH3 is 1. The molecule has 0 atom stereocenters. The van der Waals surface area contributed by atoms with E-state index in [4.69, 9.17) is 16.3 Å². The summed E-state index contributed by atoms with van der Waals surface area (Å²) in [4.78, 5) is 31.4. The van der Waals surface area contributed by atoms with Crippen molar-refractivity contribution in [3.8, 4) is 5.88 Å². The number of nitrogens with zero attached hydrogens (tertiary/aromatic N) is 1. The van der Waals surface area contributed by atoms with Gasteiger partial charge in [0.05, 0.1) is 17.7 Å². The van der Waals surface area contributed by atoms with Crippen molar-refractivity contribution in [1.82, 2.24) is 9.97 Å². The first kappa shape index (κ1) is 17.6. The van der Waals surface area contributed by atoms with E-state index >= 15 is 0 Å². The normalized spacial score (nSPS) is 10.4. The Labute approximate surface area is 153 Å². The molecule has 26 heavy (non-hydrogen) atoms. The molecule has 0 aliphatic rings. The quantitative estimate of drug-likeness (QED) is 0.668. The Bertz CT molecular complexity index is 967. The number of benzene rings is 1. The number of anilines is 1. The second kappa shape index (κ2) is 7.37. The number of aromatic nitrogens is 2. The first-order valence-corrected chi connectivity index (χ1v) is 7.86. The maximum absolute atomic E-state index is 13.9. The fourth-order valence-corrected chi connectivity index (χ4v) is 2.56. The average molecular weight is 374 g/mol. The van der Waals surface area contributed by atoms with Crippen LogP contribution >= 0.6 is 11.6 Å². The molecular weight excluding hydrogens is 361 g/mol. The summed E-state index contributed by atoms with van der Waals surface area (Å²) < 4.78 is 18.9. The van der Waals surface area contributed by atoms with Gasteiger partial charge in [0.1, 0.15) is 11.5 Å². The molecule has 2 heterocycles. The van der Waals surface area contributed by atoms with Crippen LogP contribution in [0.1, 0.15) is 26.4 Å². The monoisotopic (exact) mass is 373 g/mol. The Morgan fingerprint density at radius 3 is 2.81 bits per heavy atom. The van der Waals surface area contributed by atoms with Crippen molar-refractivity contribution >= 4 is 29.0 Å². The van der Waals surface area contributed by atoms with Crippen molar-refractivity contribution in [2.75, 3.05) is 12.4 Å². The Morgan fingerprint density at radius 2 is 2.08 bits per heavy atom. The zero-order valence-electron chi connectivity index (χ0n) is 13.5. The summed E-state index contributed by atoms with van der Waals surface area (Å²) >= 11 is 5.91. The summed E-state index contributed by atoms with van der Waals surface area (Å²) in [6, 6.07) is 8.46. The number of rotatable bonds is 5. The van der Waals surface area contributed by atoms with Gasteiger partial charge in [-0.1, -0.05) is 17.7 Å². The smallest absolute Gasteiger partial charge is 0.272 e. The second-order valence-corrected chi connectivity index (χ2v) is 5.68. The van der Waals surface area contributed by atoms with Crippen molar-refractivity contribution in [3.05, 3.63) is 76.5 Å². The lowest BCUT2D eigenvalue weighted by Crippen LogP contribution is -2.12. The highest BCUT2D eigenvalue weighted by molar-refractivity contribution is 6.35. The van der Waals surface area contributed by atoms with E-state index in [0.717, 1.165) is 6.07 Å². The Balaban J connectivity index is 1.81. The zero-order valence-corrected chi connectivity index (χ0v) is 14.3. The third kappa shape index (κ3) is 3.57. The molecule has 3 aromatic rings. The molecule has 1 aromatic carbocycles. The van der Waals surface area contributed by atoms with Crippen LogP contribution in [0.15, 0.2) is 48.8 Å². The van der Waals surface area contributed by atoms with Crippen molar-refractivity contribution in [2.24, 2.45) is 0 Å². The molecular formula is C18H13ClFN3O3. The molecule has 0 aliphatic heterocycles. The molecule has 6 nitrogen and oxygen atoms in total. The van der Waals surface area contributed by atoms with E-state index in [0.29, 0.717) is 11.6 Å². The third-order valence-electron chi connectivity index (χ3n) is 3.58. The van der Waals surface area contributed by atoms with Gasteiger partial charge in [-0.3, -0.25) is 9.59 Å². The lowest BCUT2D eigenvalue weighted by atomic mass is 10.1. The lowest BCUT2D eigenvalue weighted by Gasteiger charge is -2.05. The highest BCUT2D eigenvalue weighted by Crippen LogP contribution is 2.23. The lowest BCUT2D eigenvalue weighted by molar-refractivity contribution is 0.102. The van der Waals surface area contributed by atoms with Crippen LogP contribution in [0.25, 0.3) is 0 Å². The molecule has 132 valence electrons. The topological polar surface area (TPSA) is 84.1 Å². The van der Waals surface area contributed by atoms with Gasteiger partial charge in [0.25, 0.3) is 5.91 Å². The van der Waals surface area contributed by atoms with Crippen molar-refractivity contribution in [2.45, 2.75) is 0 Å². The first-order chi connectivity index (χ1) is 12.5. The Kier molecular flexibility index (Phi) is 4.99. The predicted molar refractivity (Wildman–Crippen MR) is 94.4 cm³/mol. The van der Waals surface area contributed by atoms with Crippen LogP contribution in [-0.4, -0.2) is 28.8 Å². The highest BCUT2D eigenvalue weighted by atomic mass is 35.5. The first-order valence-electron chi connectivity index (χ1n) is 7.48. The number of ether oxygens (including phenoxy) is 1. The second-order valence-electron chi connectivity index (χ2n) is 5.27. The molecule has 3 rings (SSSR count). The van der Waals surface area contributed by atoms with Crippen LogP contribution in [0.4, 0.5) is 10.1 Å². The maximum Gasteiger partial charge on any atom is 0.272 e. The predicted octanol–water partition coefficient (Wildman–Crippen LogP) is 3.69. The number of carbonyl (C=O) groups excluding carboxylic acids is 2. The van der Waals surface area contributed by atoms with E-state index in [1.165, 1.54) is 37.7 Å². The summed E-state index contributed by atoms with van der Waals surface area (Å²) in [5, 5.41) is 2.65. The molecule has 0 saturated heterocycles. The number of nitrogens with one attached hydrogen (secondary N) is 2. The van der Waals surface area contributed by atoms with Crippen molar-refractivity contribution in [3.63, 3.8) is 0 Å². The van der Waals surface area contributed by atoms with Gasteiger partial charge >= 0.3 is 0 Å². The molecule has 0 bridgehead atoms. The average Bonchev–Trinajstić information content (AvgIpc) is 3.12. The van der Waals surface area contributed by atoms with Gasteiger partial charge in [0.2, 0.25) is 5.88 Å². The summed E-state index contributed by atoms with van der Waals surface area (Å²) in [7, 11) is 1.46. The standard InChI is InChI=1S/C18H13ClFN3O3/c1-26-15-8-11(5-6-21-15)23-18(25)14-7-10(9-22-14)17(24)16-12(19)3-2-4-13(16)20/h2-9,22H,1H3,(H,21,23,25). The fourth-order valence-electron chi connectivity index (χ4n) is 2.31. The molecule has 1 amide bonds. The highest BCUT2D eigenvalue weighted by Gasteiger charge is 2.20. The number of hydrogen-bond acceptors (Lipinski definition) is 4. The van der Waals surface area contributed by atoms with Crippen LogP contribution < -0.4 is 10.1 Å². The van der Waals surface area contributed by atoms with Crippen LogP contribution in [-0.2, 0) is 0 Å². The van der Waals surface area contributed by atoms with Crippen LogP contribution in [0.5, 0.6) is 5.88 Å². The van der Waals surface area contributed by atoms with E-state index in [9.17, 15) is 14.0 Å². The van der Waals surface area contributed by atoms with Gasteiger partial charge in [-0.2, -0.15) is 0 Å². The SMILES string of the molecule is COc1cc(NC(=O)c2cc(C(=O)c3c(F)cccc3Cl)c[nH]2)ccn1. The minimum Gasteiger partial charge on any atom is -0.481 e. The number of carbonyl (C=O) groups is 2. The minimum atomic E-state index is -0.724. The van der Waals surface area contributed by atoms with E-state index in [-0.39, 0.29) is 21.8 Å². The van der Waals surface area contributed by atoms with Gasteiger partial charge in [0, 0.05) is 29.7 Å². The number of H-pyrrole nitrogens is 1. The van der Waals surface area contributed by atoms with E-state index in [2.05, 4.69) is 15.3 Å². The van der Waals surface area contributed by atoms with Crippen LogP contribution in [0.2, 0.25) is 5.02 Å². The number of amides is 1. The van der Waals surface area contributed by atoms with E-state index < -0.39 is 17.5 Å². The molecule has 0 saturated carbocycles.